The van der Waals surface area contributed by atoms with Gasteiger partial charge in [-0.25, -0.2) is 0 Å². The van der Waals surface area contributed by atoms with Gasteiger partial charge in [0.25, 0.3) is 11.6 Å². The van der Waals surface area contributed by atoms with Gasteiger partial charge in [0.2, 0.25) is 0 Å². The van der Waals surface area contributed by atoms with Gasteiger partial charge < -0.3 is 5.32 Å². The minimum absolute atomic E-state index is 0.00618. The van der Waals surface area contributed by atoms with Gasteiger partial charge in [-0.2, -0.15) is 0 Å². The van der Waals surface area contributed by atoms with Crippen LogP contribution in [0.15, 0.2) is 53.4 Å². The van der Waals surface area contributed by atoms with Crippen LogP contribution in [-0.4, -0.2) is 16.1 Å². The van der Waals surface area contributed by atoms with Crippen molar-refractivity contribution in [2.24, 2.45) is 0 Å². The number of nitro groups is 1. The molecule has 2 aromatic carbocycles. The molecule has 0 aliphatic heterocycles. The number of carbonyl (C=O) groups excluding carboxylic acids is 1. The highest BCUT2D eigenvalue weighted by molar-refractivity contribution is 7.99. The molecule has 0 aliphatic carbocycles. The molecule has 1 amide bonds. The van der Waals surface area contributed by atoms with Gasteiger partial charge in [0.05, 0.1) is 4.92 Å². The van der Waals surface area contributed by atoms with Crippen molar-refractivity contribution in [3.8, 4) is 0 Å². The van der Waals surface area contributed by atoms with Crippen LogP contribution in [0.2, 0.25) is 0 Å². The maximum absolute atomic E-state index is 12.2. The van der Waals surface area contributed by atoms with E-state index in [1.165, 1.54) is 24.3 Å². The van der Waals surface area contributed by atoms with Crippen molar-refractivity contribution in [3.05, 3.63) is 64.2 Å². The minimum Gasteiger partial charge on any atom is -0.322 e. The molecule has 0 saturated heterocycles. The van der Waals surface area contributed by atoms with Gasteiger partial charge in [-0.1, -0.05) is 19.9 Å². The molecule has 2 aromatic rings. The molecular weight excluding hydrogens is 300 g/mol. The van der Waals surface area contributed by atoms with E-state index in [1.54, 1.807) is 17.8 Å². The first kappa shape index (κ1) is 16.0. The number of carbonyl (C=O) groups is 1. The van der Waals surface area contributed by atoms with E-state index in [9.17, 15) is 14.9 Å². The average Bonchev–Trinajstić information content (AvgIpc) is 2.47. The summed E-state index contributed by atoms with van der Waals surface area (Å²) >= 11 is 1.69. The molecule has 0 radical (unpaired) electrons. The molecule has 0 atom stereocenters. The highest BCUT2D eigenvalue weighted by Gasteiger charge is 2.09. The molecule has 1 N–H and O–H groups in total. The topological polar surface area (TPSA) is 72.2 Å². The number of rotatable bonds is 5. The molecule has 0 bridgehead atoms. The van der Waals surface area contributed by atoms with E-state index in [2.05, 4.69) is 19.2 Å². The van der Waals surface area contributed by atoms with Crippen LogP contribution in [0.1, 0.15) is 24.2 Å². The number of anilines is 1. The van der Waals surface area contributed by atoms with E-state index >= 15 is 0 Å². The van der Waals surface area contributed by atoms with Crippen LogP contribution in [0, 0.1) is 10.1 Å². The van der Waals surface area contributed by atoms with Gasteiger partial charge in [-0.3, -0.25) is 14.9 Å². The molecule has 0 saturated carbocycles. The minimum atomic E-state index is -0.474. The van der Waals surface area contributed by atoms with Crippen molar-refractivity contribution >= 4 is 29.0 Å². The number of thioether (sulfide) groups is 1. The van der Waals surface area contributed by atoms with Gasteiger partial charge in [0.1, 0.15) is 0 Å². The number of non-ortho nitro benzene ring substituents is 1. The van der Waals surface area contributed by atoms with Crippen LogP contribution in [0.25, 0.3) is 0 Å². The number of hydrogen-bond acceptors (Lipinski definition) is 4. The maximum Gasteiger partial charge on any atom is 0.269 e. The Balaban J connectivity index is 2.10. The lowest BCUT2D eigenvalue weighted by atomic mass is 10.2. The van der Waals surface area contributed by atoms with Crippen LogP contribution in [0.3, 0.4) is 0 Å². The second kappa shape index (κ2) is 7.09. The predicted molar refractivity (Wildman–Crippen MR) is 88.5 cm³/mol. The second-order valence-electron chi connectivity index (χ2n) is 4.95. The van der Waals surface area contributed by atoms with Crippen molar-refractivity contribution in [2.45, 2.75) is 24.0 Å². The molecule has 0 unspecified atom stereocenters. The number of nitro benzene ring substituents is 1. The first-order chi connectivity index (χ1) is 10.5. The quantitative estimate of drug-likeness (QED) is 0.506. The molecule has 114 valence electrons. The molecule has 22 heavy (non-hydrogen) atoms. The molecule has 0 aromatic heterocycles. The summed E-state index contributed by atoms with van der Waals surface area (Å²) in [6.07, 6.45) is 0. The smallest absolute Gasteiger partial charge is 0.269 e. The Morgan fingerprint density at radius 1 is 1.18 bits per heavy atom. The lowest BCUT2D eigenvalue weighted by Crippen LogP contribution is -2.11. The van der Waals surface area contributed by atoms with E-state index in [0.29, 0.717) is 16.5 Å². The second-order valence-corrected chi connectivity index (χ2v) is 6.60. The molecule has 6 heteroatoms. The Bertz CT molecular complexity index is 684. The monoisotopic (exact) mass is 316 g/mol. The van der Waals surface area contributed by atoms with Gasteiger partial charge in [0.15, 0.2) is 0 Å². The van der Waals surface area contributed by atoms with Crippen molar-refractivity contribution in [3.63, 3.8) is 0 Å². The highest BCUT2D eigenvalue weighted by Crippen LogP contribution is 2.24. The zero-order valence-electron chi connectivity index (χ0n) is 12.3. The van der Waals surface area contributed by atoms with Crippen molar-refractivity contribution < 1.29 is 9.72 Å². The summed E-state index contributed by atoms with van der Waals surface area (Å²) in [6.45, 7) is 4.18. The summed E-state index contributed by atoms with van der Waals surface area (Å²) in [5.41, 5.74) is 1.08. The number of nitrogens with one attached hydrogen (secondary N) is 1. The summed E-state index contributed by atoms with van der Waals surface area (Å²) in [5, 5.41) is 13.8. The Labute approximate surface area is 132 Å². The fourth-order valence-electron chi connectivity index (χ4n) is 1.85. The van der Waals surface area contributed by atoms with Crippen molar-refractivity contribution in [2.75, 3.05) is 5.32 Å². The SMILES string of the molecule is CC(C)Sc1cccc(C(=O)Nc2ccc([N+](=O)[O-])cc2)c1. The third-order valence-electron chi connectivity index (χ3n) is 2.80. The van der Waals surface area contributed by atoms with Crippen LogP contribution in [0.4, 0.5) is 11.4 Å². The Hall–Kier alpha value is -2.34. The van der Waals surface area contributed by atoms with E-state index < -0.39 is 4.92 Å². The van der Waals surface area contributed by atoms with Crippen LogP contribution in [-0.2, 0) is 0 Å². The molecule has 0 spiro atoms. The van der Waals surface area contributed by atoms with E-state index in [4.69, 9.17) is 0 Å². The molecule has 0 fully saturated rings. The summed E-state index contributed by atoms with van der Waals surface area (Å²) < 4.78 is 0. The first-order valence-corrected chi connectivity index (χ1v) is 7.66. The van der Waals surface area contributed by atoms with Crippen LogP contribution < -0.4 is 5.32 Å². The molecule has 5 nitrogen and oxygen atoms in total. The summed E-state index contributed by atoms with van der Waals surface area (Å²) in [7, 11) is 0. The standard InChI is InChI=1S/C16H16N2O3S/c1-11(2)22-15-5-3-4-12(10-15)16(19)17-13-6-8-14(9-7-13)18(20)21/h3-11H,1-2H3,(H,17,19). The van der Waals surface area contributed by atoms with E-state index in [-0.39, 0.29) is 11.6 Å². The van der Waals surface area contributed by atoms with E-state index in [1.807, 2.05) is 18.2 Å². The lowest BCUT2D eigenvalue weighted by molar-refractivity contribution is -0.384. The number of nitrogens with zero attached hydrogens (tertiary/aromatic N) is 1. The van der Waals surface area contributed by atoms with Gasteiger partial charge in [-0.05, 0) is 30.3 Å². The lowest BCUT2D eigenvalue weighted by Gasteiger charge is -2.08. The molecular formula is C16H16N2O3S. The zero-order valence-corrected chi connectivity index (χ0v) is 13.1. The van der Waals surface area contributed by atoms with Gasteiger partial charge in [0, 0.05) is 33.5 Å². The zero-order chi connectivity index (χ0) is 16.1. The highest BCUT2D eigenvalue weighted by atomic mass is 32.2. The number of amides is 1. The molecule has 0 aliphatic rings. The number of benzene rings is 2. The summed E-state index contributed by atoms with van der Waals surface area (Å²) in [4.78, 5) is 23.4. The molecule has 0 heterocycles. The predicted octanol–water partition coefficient (Wildman–Crippen LogP) is 4.35. The Morgan fingerprint density at radius 2 is 1.86 bits per heavy atom. The summed E-state index contributed by atoms with van der Waals surface area (Å²) in [6, 6.07) is 13.1. The van der Waals surface area contributed by atoms with Gasteiger partial charge in [-0.15, -0.1) is 11.8 Å². The fourth-order valence-corrected chi connectivity index (χ4v) is 2.75. The fraction of sp³-hybridized carbons (Fsp3) is 0.188. The third kappa shape index (κ3) is 4.33. The summed E-state index contributed by atoms with van der Waals surface area (Å²) in [5.74, 6) is -0.236. The number of hydrogen-bond donors (Lipinski definition) is 1. The van der Waals surface area contributed by atoms with Crippen molar-refractivity contribution in [1.29, 1.82) is 0 Å². The van der Waals surface area contributed by atoms with Crippen LogP contribution >= 0.6 is 11.8 Å². The van der Waals surface area contributed by atoms with Crippen molar-refractivity contribution in [1.82, 2.24) is 0 Å². The average molecular weight is 316 g/mol. The Kier molecular flexibility index (Phi) is 5.16. The Morgan fingerprint density at radius 3 is 2.45 bits per heavy atom. The van der Waals surface area contributed by atoms with Crippen LogP contribution in [0.5, 0.6) is 0 Å². The molecule has 2 rings (SSSR count). The first-order valence-electron chi connectivity index (χ1n) is 6.78. The third-order valence-corrected chi connectivity index (χ3v) is 3.80. The largest absolute Gasteiger partial charge is 0.322 e. The maximum atomic E-state index is 12.2. The van der Waals surface area contributed by atoms with E-state index in [0.717, 1.165) is 4.90 Å². The van der Waals surface area contributed by atoms with Gasteiger partial charge >= 0.3 is 0 Å². The normalized spacial score (nSPS) is 10.5.